The number of guanidine groups is 1. The van der Waals surface area contributed by atoms with Gasteiger partial charge >= 0.3 is 0 Å². The lowest BCUT2D eigenvalue weighted by Crippen LogP contribution is -2.41. The number of hydrogen-bond donors (Lipinski definition) is 2. The molecule has 2 N–H and O–H groups in total. The van der Waals surface area contributed by atoms with E-state index in [9.17, 15) is 0 Å². The summed E-state index contributed by atoms with van der Waals surface area (Å²) in [5.41, 5.74) is 2.50. The number of aromatic nitrogens is 2. The molecule has 6 nitrogen and oxygen atoms in total. The molecule has 2 heterocycles. The van der Waals surface area contributed by atoms with Gasteiger partial charge < -0.3 is 15.5 Å². The highest BCUT2D eigenvalue weighted by Gasteiger charge is 2.17. The maximum absolute atomic E-state index is 4.35. The van der Waals surface area contributed by atoms with Crippen LogP contribution in [0.1, 0.15) is 43.7 Å². The van der Waals surface area contributed by atoms with Crippen molar-refractivity contribution in [2.75, 3.05) is 26.7 Å². The second-order valence-corrected chi connectivity index (χ2v) is 7.61. The van der Waals surface area contributed by atoms with Crippen LogP contribution in [0.25, 0.3) is 0 Å². The Kier molecular flexibility index (Phi) is 10.5. The Bertz CT molecular complexity index is 731. The molecule has 0 amide bonds. The fourth-order valence-corrected chi connectivity index (χ4v) is 3.80. The third kappa shape index (κ3) is 7.97. The van der Waals surface area contributed by atoms with E-state index in [1.807, 2.05) is 30.2 Å². The van der Waals surface area contributed by atoms with Gasteiger partial charge in [-0.3, -0.25) is 9.67 Å². The van der Waals surface area contributed by atoms with Crippen LogP contribution in [0.4, 0.5) is 0 Å². The molecule has 1 unspecified atom stereocenters. The average Bonchev–Trinajstić information content (AvgIpc) is 3.22. The second-order valence-electron chi connectivity index (χ2n) is 7.61. The van der Waals surface area contributed by atoms with Gasteiger partial charge in [0.1, 0.15) is 0 Å². The van der Waals surface area contributed by atoms with Gasteiger partial charge in [0.05, 0.1) is 6.54 Å². The number of benzene rings is 1. The summed E-state index contributed by atoms with van der Waals surface area (Å²) in [7, 11) is 1.83. The zero-order valence-corrected chi connectivity index (χ0v) is 20.0. The van der Waals surface area contributed by atoms with Crippen LogP contribution in [0.5, 0.6) is 0 Å². The normalized spacial score (nSPS) is 17.6. The van der Waals surface area contributed by atoms with Gasteiger partial charge in [0, 0.05) is 45.1 Å². The van der Waals surface area contributed by atoms with E-state index >= 15 is 0 Å². The molecular weight excluding hydrogens is 475 g/mol. The molecule has 0 bridgehead atoms. The molecular formula is C22H35IN6. The number of halogens is 1. The molecule has 7 heteroatoms. The van der Waals surface area contributed by atoms with Crippen LogP contribution in [0.3, 0.4) is 0 Å². The van der Waals surface area contributed by atoms with Crippen molar-refractivity contribution >= 4 is 29.9 Å². The first-order valence-corrected chi connectivity index (χ1v) is 10.5. The fourth-order valence-electron chi connectivity index (χ4n) is 3.80. The van der Waals surface area contributed by atoms with Gasteiger partial charge in [-0.2, -0.15) is 5.10 Å². The Labute approximate surface area is 192 Å². The van der Waals surface area contributed by atoms with Crippen LogP contribution >= 0.6 is 24.0 Å². The highest BCUT2D eigenvalue weighted by atomic mass is 127. The SMILES string of the molecule is CN=C(NCCCN1CCCCC1C)NCc1cccc(Cn2cccn2)c1.I. The van der Waals surface area contributed by atoms with Gasteiger partial charge in [-0.25, -0.2) is 0 Å². The molecule has 160 valence electrons. The van der Waals surface area contributed by atoms with E-state index in [1.54, 1.807) is 0 Å². The molecule has 0 spiro atoms. The lowest BCUT2D eigenvalue weighted by molar-refractivity contribution is 0.159. The molecule has 1 aromatic carbocycles. The predicted molar refractivity (Wildman–Crippen MR) is 131 cm³/mol. The Hall–Kier alpha value is -1.61. The summed E-state index contributed by atoms with van der Waals surface area (Å²) in [4.78, 5) is 6.97. The second kappa shape index (κ2) is 12.8. The summed E-state index contributed by atoms with van der Waals surface area (Å²) in [6, 6.07) is 11.3. The molecule has 0 radical (unpaired) electrons. The first-order chi connectivity index (χ1) is 13.7. The number of nitrogens with zero attached hydrogens (tertiary/aromatic N) is 4. The Morgan fingerprint density at radius 2 is 2.07 bits per heavy atom. The van der Waals surface area contributed by atoms with Crippen molar-refractivity contribution in [3.05, 3.63) is 53.9 Å². The number of nitrogens with one attached hydrogen (secondary N) is 2. The molecule has 1 fully saturated rings. The number of piperidine rings is 1. The standard InChI is InChI=1S/C22H34N6.HI/c1-19-8-3-4-13-27(19)14-6-11-24-22(23-2)25-17-20-9-5-10-21(16-20)18-28-15-7-12-26-28;/h5,7,9-10,12,15-16,19H,3-4,6,8,11,13-14,17-18H2,1-2H3,(H2,23,24,25);1H. The first-order valence-electron chi connectivity index (χ1n) is 10.5. The van der Waals surface area contributed by atoms with Crippen molar-refractivity contribution in [2.24, 2.45) is 4.99 Å². The molecule has 1 atom stereocenters. The van der Waals surface area contributed by atoms with E-state index in [0.29, 0.717) is 0 Å². The van der Waals surface area contributed by atoms with Crippen molar-refractivity contribution in [1.29, 1.82) is 0 Å². The lowest BCUT2D eigenvalue weighted by Gasteiger charge is -2.33. The van der Waals surface area contributed by atoms with Gasteiger partial charge in [-0.15, -0.1) is 24.0 Å². The van der Waals surface area contributed by atoms with Gasteiger partial charge in [-0.05, 0) is 49.9 Å². The topological polar surface area (TPSA) is 57.5 Å². The van der Waals surface area contributed by atoms with Gasteiger partial charge in [-0.1, -0.05) is 30.7 Å². The maximum Gasteiger partial charge on any atom is 0.191 e. The van der Waals surface area contributed by atoms with E-state index in [-0.39, 0.29) is 24.0 Å². The van der Waals surface area contributed by atoms with Crippen LogP contribution in [0.2, 0.25) is 0 Å². The Morgan fingerprint density at radius 1 is 1.21 bits per heavy atom. The summed E-state index contributed by atoms with van der Waals surface area (Å²) < 4.78 is 1.94. The van der Waals surface area contributed by atoms with Gasteiger partial charge in [0.2, 0.25) is 0 Å². The monoisotopic (exact) mass is 510 g/mol. The van der Waals surface area contributed by atoms with Crippen molar-refractivity contribution in [1.82, 2.24) is 25.3 Å². The number of hydrogen-bond acceptors (Lipinski definition) is 3. The third-order valence-electron chi connectivity index (χ3n) is 5.43. The summed E-state index contributed by atoms with van der Waals surface area (Å²) in [5, 5.41) is 11.1. The molecule has 29 heavy (non-hydrogen) atoms. The minimum atomic E-state index is 0. The smallest absolute Gasteiger partial charge is 0.191 e. The molecule has 1 aliphatic rings. The zero-order valence-electron chi connectivity index (χ0n) is 17.7. The van der Waals surface area contributed by atoms with E-state index < -0.39 is 0 Å². The average molecular weight is 510 g/mol. The van der Waals surface area contributed by atoms with Crippen LogP contribution in [0.15, 0.2) is 47.7 Å². The van der Waals surface area contributed by atoms with E-state index in [4.69, 9.17) is 0 Å². The van der Waals surface area contributed by atoms with Crippen LogP contribution in [-0.2, 0) is 13.1 Å². The van der Waals surface area contributed by atoms with E-state index in [1.165, 1.54) is 43.5 Å². The van der Waals surface area contributed by atoms with Gasteiger partial charge in [0.15, 0.2) is 5.96 Å². The minimum Gasteiger partial charge on any atom is -0.356 e. The van der Waals surface area contributed by atoms with Crippen molar-refractivity contribution in [3.8, 4) is 0 Å². The molecule has 1 aromatic heterocycles. The fraction of sp³-hybridized carbons (Fsp3) is 0.545. The molecule has 3 rings (SSSR count). The highest BCUT2D eigenvalue weighted by Crippen LogP contribution is 2.16. The number of aliphatic imine (C=N–C) groups is 1. The summed E-state index contributed by atoms with van der Waals surface area (Å²) >= 11 is 0. The molecule has 0 aliphatic carbocycles. The zero-order chi connectivity index (χ0) is 19.6. The van der Waals surface area contributed by atoms with Crippen LogP contribution in [0, 0.1) is 0 Å². The lowest BCUT2D eigenvalue weighted by atomic mass is 10.0. The van der Waals surface area contributed by atoms with Crippen LogP contribution in [-0.4, -0.2) is 53.4 Å². The first kappa shape index (κ1) is 23.7. The summed E-state index contributed by atoms with van der Waals surface area (Å²) in [5.74, 6) is 0.865. The predicted octanol–water partition coefficient (Wildman–Crippen LogP) is 3.48. The van der Waals surface area contributed by atoms with Crippen molar-refractivity contribution in [2.45, 2.75) is 51.7 Å². The highest BCUT2D eigenvalue weighted by molar-refractivity contribution is 14.0. The largest absolute Gasteiger partial charge is 0.356 e. The van der Waals surface area contributed by atoms with Crippen LogP contribution < -0.4 is 10.6 Å². The molecule has 0 saturated carbocycles. The minimum absolute atomic E-state index is 0. The number of rotatable bonds is 8. The third-order valence-corrected chi connectivity index (χ3v) is 5.43. The maximum atomic E-state index is 4.35. The number of likely N-dealkylation sites (tertiary alicyclic amines) is 1. The van der Waals surface area contributed by atoms with Crippen molar-refractivity contribution < 1.29 is 0 Å². The molecule has 2 aromatic rings. The van der Waals surface area contributed by atoms with E-state index in [0.717, 1.165) is 38.1 Å². The van der Waals surface area contributed by atoms with Gasteiger partial charge in [0.25, 0.3) is 0 Å². The quantitative estimate of drug-likeness (QED) is 0.247. The van der Waals surface area contributed by atoms with E-state index in [2.05, 4.69) is 56.8 Å². The van der Waals surface area contributed by atoms with Crippen molar-refractivity contribution in [3.63, 3.8) is 0 Å². The molecule has 1 aliphatic heterocycles. The Morgan fingerprint density at radius 3 is 2.83 bits per heavy atom. The summed E-state index contributed by atoms with van der Waals surface area (Å²) in [6.45, 7) is 7.28. The molecule has 1 saturated heterocycles. The summed E-state index contributed by atoms with van der Waals surface area (Å²) in [6.07, 6.45) is 9.02. The Balaban J connectivity index is 0.00000300.